The summed E-state index contributed by atoms with van der Waals surface area (Å²) >= 11 is 11.8. The Hall–Kier alpha value is -3.11. The predicted octanol–water partition coefficient (Wildman–Crippen LogP) is 3.15. The third kappa shape index (κ3) is 5.69. The van der Waals surface area contributed by atoms with E-state index in [4.69, 9.17) is 27.9 Å². The van der Waals surface area contributed by atoms with Gasteiger partial charge in [-0.25, -0.2) is 4.68 Å². The minimum Gasteiger partial charge on any atom is -0.470 e. The fraction of sp³-hybridized carbons (Fsp3) is 0.235. The van der Waals surface area contributed by atoms with E-state index in [0.29, 0.717) is 24.5 Å². The number of hydrogen-bond donors (Lipinski definition) is 1. The molecule has 0 aliphatic rings. The molecule has 10 nitrogen and oxygen atoms in total. The molecule has 0 aliphatic heterocycles. The van der Waals surface area contributed by atoms with Crippen LogP contribution in [0.2, 0.25) is 10.0 Å². The zero-order chi connectivity index (χ0) is 20.8. The molecule has 0 saturated heterocycles. The molecule has 2 heterocycles. The lowest BCUT2D eigenvalue weighted by atomic mass is 10.3. The molecule has 0 atom stereocenters. The van der Waals surface area contributed by atoms with Gasteiger partial charge in [0.2, 0.25) is 0 Å². The van der Waals surface area contributed by atoms with Gasteiger partial charge in [-0.05, 0) is 18.6 Å². The quantitative estimate of drug-likeness (QED) is 0.311. The van der Waals surface area contributed by atoms with Gasteiger partial charge in [-0.1, -0.05) is 23.2 Å². The third-order valence-corrected chi connectivity index (χ3v) is 4.29. The number of benzene rings is 1. The van der Waals surface area contributed by atoms with Crippen molar-refractivity contribution in [3.05, 3.63) is 68.7 Å². The monoisotopic (exact) mass is 438 g/mol. The number of nitro benzene ring substituents is 1. The molecule has 2 aromatic heterocycles. The Morgan fingerprint density at radius 1 is 1.28 bits per heavy atom. The number of aryl methyl sites for hydroxylation is 1. The van der Waals surface area contributed by atoms with Crippen LogP contribution in [0.25, 0.3) is 0 Å². The molecule has 29 heavy (non-hydrogen) atoms. The summed E-state index contributed by atoms with van der Waals surface area (Å²) in [5, 5.41) is 22.4. The van der Waals surface area contributed by atoms with E-state index < -0.39 is 4.92 Å². The van der Waals surface area contributed by atoms with Crippen LogP contribution >= 0.6 is 23.2 Å². The van der Waals surface area contributed by atoms with Crippen LogP contribution in [0.5, 0.6) is 5.75 Å². The van der Waals surface area contributed by atoms with Crippen molar-refractivity contribution in [3.63, 3.8) is 0 Å². The van der Waals surface area contributed by atoms with Gasteiger partial charge in [0.25, 0.3) is 11.6 Å². The van der Waals surface area contributed by atoms with Crippen molar-refractivity contribution < 1.29 is 14.5 Å². The lowest BCUT2D eigenvalue weighted by Crippen LogP contribution is -2.26. The van der Waals surface area contributed by atoms with Crippen molar-refractivity contribution in [1.82, 2.24) is 24.9 Å². The van der Waals surface area contributed by atoms with Gasteiger partial charge in [0, 0.05) is 37.6 Å². The third-order valence-electron chi connectivity index (χ3n) is 3.80. The first-order chi connectivity index (χ1) is 13.9. The van der Waals surface area contributed by atoms with E-state index in [9.17, 15) is 14.9 Å². The van der Waals surface area contributed by atoms with Crippen molar-refractivity contribution in [2.24, 2.45) is 0 Å². The molecule has 1 amide bonds. The number of nitrogens with one attached hydrogen (secondary N) is 1. The van der Waals surface area contributed by atoms with E-state index in [-0.39, 0.29) is 34.8 Å². The summed E-state index contributed by atoms with van der Waals surface area (Å²) in [6, 6.07) is 5.46. The first kappa shape index (κ1) is 20.6. The standard InChI is InChI=1S/C17H16Cl2N6O4/c18-12-9-21-23(10-12)6-1-5-20-17(26)15-4-7-24(22-15)11-29-16-3-2-13(25(27)28)8-14(16)19/h2-4,7-10H,1,5-6,11H2,(H,20,26). The first-order valence-electron chi connectivity index (χ1n) is 8.49. The minimum absolute atomic E-state index is 0.00906. The lowest BCUT2D eigenvalue weighted by molar-refractivity contribution is -0.384. The second kappa shape index (κ2) is 9.39. The lowest BCUT2D eigenvalue weighted by Gasteiger charge is -2.08. The van der Waals surface area contributed by atoms with E-state index in [0.717, 1.165) is 0 Å². The van der Waals surface area contributed by atoms with Crippen LogP contribution in [-0.2, 0) is 13.3 Å². The second-order valence-electron chi connectivity index (χ2n) is 5.92. The SMILES string of the molecule is O=C(NCCCn1cc(Cl)cn1)c1ccn(COc2ccc([N+](=O)[O-])cc2Cl)n1. The first-order valence-corrected chi connectivity index (χ1v) is 9.24. The minimum atomic E-state index is -0.543. The molecule has 3 rings (SSSR count). The van der Waals surface area contributed by atoms with Crippen LogP contribution in [0.3, 0.4) is 0 Å². The van der Waals surface area contributed by atoms with Crippen LogP contribution in [-0.4, -0.2) is 36.9 Å². The largest absolute Gasteiger partial charge is 0.470 e. The Labute approximate surface area is 175 Å². The van der Waals surface area contributed by atoms with Gasteiger partial charge in [-0.3, -0.25) is 19.6 Å². The molecule has 12 heteroatoms. The van der Waals surface area contributed by atoms with E-state index >= 15 is 0 Å². The van der Waals surface area contributed by atoms with Crippen molar-refractivity contribution in [3.8, 4) is 5.75 Å². The number of aromatic nitrogens is 4. The second-order valence-corrected chi connectivity index (χ2v) is 6.76. The molecular formula is C17H16Cl2N6O4. The summed E-state index contributed by atoms with van der Waals surface area (Å²) in [6.07, 6.45) is 5.53. The average Bonchev–Trinajstić information content (AvgIpc) is 3.33. The van der Waals surface area contributed by atoms with Crippen LogP contribution in [0.15, 0.2) is 42.9 Å². The number of carbonyl (C=O) groups excluding carboxylic acids is 1. The molecule has 0 radical (unpaired) electrons. The topological polar surface area (TPSA) is 117 Å². The van der Waals surface area contributed by atoms with E-state index in [1.165, 1.54) is 22.9 Å². The molecule has 1 aromatic carbocycles. The Kier molecular flexibility index (Phi) is 6.68. The maximum atomic E-state index is 12.1. The number of nitro groups is 1. The molecule has 152 valence electrons. The maximum absolute atomic E-state index is 12.1. The highest BCUT2D eigenvalue weighted by atomic mass is 35.5. The summed E-state index contributed by atoms with van der Waals surface area (Å²) < 4.78 is 8.61. The number of hydrogen-bond acceptors (Lipinski definition) is 6. The Morgan fingerprint density at radius 2 is 2.10 bits per heavy atom. The number of rotatable bonds is 9. The van der Waals surface area contributed by atoms with Crippen LogP contribution in [0.4, 0.5) is 5.69 Å². The average molecular weight is 439 g/mol. The number of non-ortho nitro benzene ring substituents is 1. The zero-order valence-electron chi connectivity index (χ0n) is 15.0. The van der Waals surface area contributed by atoms with Gasteiger partial charge < -0.3 is 10.1 Å². The summed E-state index contributed by atoms with van der Waals surface area (Å²) in [4.78, 5) is 22.3. The highest BCUT2D eigenvalue weighted by molar-refractivity contribution is 6.32. The number of amides is 1. The smallest absolute Gasteiger partial charge is 0.271 e. The number of ether oxygens (including phenoxy) is 1. The molecule has 0 spiro atoms. The molecule has 1 N–H and O–H groups in total. The highest BCUT2D eigenvalue weighted by Gasteiger charge is 2.12. The summed E-state index contributed by atoms with van der Waals surface area (Å²) in [6.45, 7) is 1.08. The van der Waals surface area contributed by atoms with Crippen LogP contribution in [0.1, 0.15) is 16.9 Å². The Balaban J connectivity index is 1.46. The van der Waals surface area contributed by atoms with Gasteiger partial charge in [-0.2, -0.15) is 10.2 Å². The van der Waals surface area contributed by atoms with Crippen molar-refractivity contribution >= 4 is 34.8 Å². The number of halogens is 2. The highest BCUT2D eigenvalue weighted by Crippen LogP contribution is 2.28. The van der Waals surface area contributed by atoms with Gasteiger partial charge in [0.1, 0.15) is 11.4 Å². The number of nitrogens with zero attached hydrogens (tertiary/aromatic N) is 5. The molecule has 0 saturated carbocycles. The molecular weight excluding hydrogens is 423 g/mol. The van der Waals surface area contributed by atoms with Crippen molar-refractivity contribution in [2.75, 3.05) is 6.54 Å². The normalized spacial score (nSPS) is 10.7. The fourth-order valence-corrected chi connectivity index (χ4v) is 2.79. The fourth-order valence-electron chi connectivity index (χ4n) is 2.40. The van der Waals surface area contributed by atoms with Crippen LogP contribution < -0.4 is 10.1 Å². The van der Waals surface area contributed by atoms with E-state index in [1.54, 1.807) is 29.3 Å². The molecule has 3 aromatic rings. The zero-order valence-corrected chi connectivity index (χ0v) is 16.5. The van der Waals surface area contributed by atoms with Gasteiger partial charge >= 0.3 is 0 Å². The summed E-state index contributed by atoms with van der Waals surface area (Å²) in [5.41, 5.74) is 0.113. The Bertz CT molecular complexity index is 1020. The van der Waals surface area contributed by atoms with Crippen molar-refractivity contribution in [2.45, 2.75) is 19.7 Å². The van der Waals surface area contributed by atoms with Gasteiger partial charge in [-0.15, -0.1) is 0 Å². The molecule has 0 unspecified atom stereocenters. The van der Waals surface area contributed by atoms with Crippen molar-refractivity contribution in [1.29, 1.82) is 0 Å². The van der Waals surface area contributed by atoms with E-state index in [1.807, 2.05) is 0 Å². The summed E-state index contributed by atoms with van der Waals surface area (Å²) in [7, 11) is 0. The molecule has 0 fully saturated rings. The van der Waals surface area contributed by atoms with Gasteiger partial charge in [0.15, 0.2) is 6.73 Å². The molecule has 0 aliphatic carbocycles. The Morgan fingerprint density at radius 3 is 2.79 bits per heavy atom. The summed E-state index contributed by atoms with van der Waals surface area (Å²) in [5.74, 6) is -0.0342. The predicted molar refractivity (Wildman–Crippen MR) is 105 cm³/mol. The van der Waals surface area contributed by atoms with E-state index in [2.05, 4.69) is 15.5 Å². The van der Waals surface area contributed by atoms with Gasteiger partial charge in [0.05, 0.1) is 21.2 Å². The number of carbonyl (C=O) groups is 1. The van der Waals surface area contributed by atoms with Crippen LogP contribution in [0, 0.1) is 10.1 Å². The maximum Gasteiger partial charge on any atom is 0.271 e. The molecule has 0 bridgehead atoms.